The Hall–Kier alpha value is -2.71. The fourth-order valence-electron chi connectivity index (χ4n) is 2.52. The van der Waals surface area contributed by atoms with Gasteiger partial charge in [0.1, 0.15) is 5.56 Å². The molecule has 0 spiro atoms. The van der Waals surface area contributed by atoms with Crippen molar-refractivity contribution in [1.29, 1.82) is 0 Å². The van der Waals surface area contributed by atoms with E-state index in [9.17, 15) is 19.7 Å². The molecule has 0 N–H and O–H groups in total. The molecule has 1 heterocycles. The van der Waals surface area contributed by atoms with Crippen LogP contribution in [-0.2, 0) is 9.47 Å². The Labute approximate surface area is 149 Å². The van der Waals surface area contributed by atoms with Gasteiger partial charge in [-0.25, -0.2) is 9.59 Å². The van der Waals surface area contributed by atoms with E-state index >= 15 is 0 Å². The van der Waals surface area contributed by atoms with Crippen LogP contribution in [0.1, 0.15) is 20.7 Å². The highest BCUT2D eigenvalue weighted by Crippen LogP contribution is 2.40. The maximum Gasteiger partial charge on any atom is 0.344 e. The fraction of sp³-hybridized carbons (Fsp3) is 0.125. The highest BCUT2D eigenvalue weighted by Gasteiger charge is 2.24. The van der Waals surface area contributed by atoms with Crippen LogP contribution < -0.4 is 0 Å². The third-order valence-corrected chi connectivity index (χ3v) is 5.11. The van der Waals surface area contributed by atoms with Gasteiger partial charge in [-0.2, -0.15) is 0 Å². The van der Waals surface area contributed by atoms with E-state index in [1.54, 1.807) is 12.1 Å². The average Bonchev–Trinajstić information content (AvgIpc) is 2.94. The number of carbonyl (C=O) groups is 2. The van der Waals surface area contributed by atoms with Gasteiger partial charge in [0, 0.05) is 26.2 Å². The Morgan fingerprint density at radius 3 is 2.08 bits per heavy atom. The van der Waals surface area contributed by atoms with Gasteiger partial charge in [-0.1, -0.05) is 11.6 Å². The number of nitro benzene ring substituents is 1. The van der Waals surface area contributed by atoms with E-state index < -0.39 is 16.9 Å². The summed E-state index contributed by atoms with van der Waals surface area (Å²) in [6, 6.07) is 5.86. The summed E-state index contributed by atoms with van der Waals surface area (Å²) in [5, 5.41) is 12.7. The van der Waals surface area contributed by atoms with Crippen molar-refractivity contribution in [2.75, 3.05) is 14.2 Å². The second-order valence-electron chi connectivity index (χ2n) is 5.04. The van der Waals surface area contributed by atoms with Crippen LogP contribution in [0.3, 0.4) is 0 Å². The van der Waals surface area contributed by atoms with Gasteiger partial charge in [0.25, 0.3) is 5.69 Å². The zero-order valence-corrected chi connectivity index (χ0v) is 14.6. The summed E-state index contributed by atoms with van der Waals surface area (Å²) in [6.45, 7) is 0. The molecule has 0 fully saturated rings. The Balaban J connectivity index is 2.38. The maximum absolute atomic E-state index is 11.9. The van der Waals surface area contributed by atoms with Gasteiger partial charge in [-0.15, -0.1) is 11.3 Å². The number of ether oxygens (including phenoxy) is 2. The van der Waals surface area contributed by atoms with Gasteiger partial charge in [-0.3, -0.25) is 10.1 Å². The molecule has 0 aliphatic carbocycles. The standard InChI is InChI=1S/C16H10ClNO6S/c1-23-15(19)9-3-7-8-4-10(16(20)24-2)12(18(21)22)6-14(8)25-13(7)5-11(9)17/h3-6H,1-2H3. The first-order valence-corrected chi connectivity index (χ1v) is 8.07. The van der Waals surface area contributed by atoms with Crippen molar-refractivity contribution in [3.8, 4) is 0 Å². The van der Waals surface area contributed by atoms with Crippen LogP contribution in [0.25, 0.3) is 20.2 Å². The molecule has 2 aromatic carbocycles. The number of fused-ring (bicyclic) bond motifs is 3. The van der Waals surface area contributed by atoms with Crippen molar-refractivity contribution in [2.24, 2.45) is 0 Å². The highest BCUT2D eigenvalue weighted by atomic mass is 35.5. The third-order valence-electron chi connectivity index (χ3n) is 3.68. The highest BCUT2D eigenvalue weighted by molar-refractivity contribution is 7.25. The summed E-state index contributed by atoms with van der Waals surface area (Å²) in [5.74, 6) is -1.41. The molecule has 3 aromatic rings. The summed E-state index contributed by atoms with van der Waals surface area (Å²) in [7, 11) is 2.39. The molecule has 0 saturated carbocycles. The normalized spacial score (nSPS) is 10.8. The first-order chi connectivity index (χ1) is 11.9. The summed E-state index contributed by atoms with van der Waals surface area (Å²) in [4.78, 5) is 34.4. The molecule has 0 amide bonds. The van der Waals surface area contributed by atoms with E-state index in [1.807, 2.05) is 0 Å². The monoisotopic (exact) mass is 379 g/mol. The number of hydrogen-bond donors (Lipinski definition) is 0. The number of nitro groups is 1. The van der Waals surface area contributed by atoms with Crippen molar-refractivity contribution in [3.63, 3.8) is 0 Å². The number of esters is 2. The minimum atomic E-state index is -0.810. The van der Waals surface area contributed by atoms with Crippen LogP contribution >= 0.6 is 22.9 Å². The molecule has 0 radical (unpaired) electrons. The van der Waals surface area contributed by atoms with E-state index in [4.69, 9.17) is 16.3 Å². The molecule has 0 aliphatic heterocycles. The van der Waals surface area contributed by atoms with E-state index in [0.29, 0.717) is 15.5 Å². The van der Waals surface area contributed by atoms with Crippen LogP contribution in [0, 0.1) is 10.1 Å². The van der Waals surface area contributed by atoms with Gasteiger partial charge in [0.15, 0.2) is 0 Å². The molecule has 0 aliphatic rings. The summed E-state index contributed by atoms with van der Waals surface area (Å²) in [6.07, 6.45) is 0. The lowest BCUT2D eigenvalue weighted by Crippen LogP contribution is -2.05. The number of hydrogen-bond acceptors (Lipinski definition) is 7. The maximum atomic E-state index is 11.9. The van der Waals surface area contributed by atoms with Crippen molar-refractivity contribution in [2.45, 2.75) is 0 Å². The Morgan fingerprint density at radius 2 is 1.52 bits per heavy atom. The van der Waals surface area contributed by atoms with Crippen molar-refractivity contribution in [3.05, 3.63) is 50.5 Å². The average molecular weight is 380 g/mol. The molecule has 7 nitrogen and oxygen atoms in total. The number of thiophene rings is 1. The smallest absolute Gasteiger partial charge is 0.344 e. The lowest BCUT2D eigenvalue weighted by atomic mass is 10.1. The minimum absolute atomic E-state index is 0.158. The lowest BCUT2D eigenvalue weighted by molar-refractivity contribution is -0.385. The Morgan fingerprint density at radius 1 is 1.00 bits per heavy atom. The summed E-state index contributed by atoms with van der Waals surface area (Å²) < 4.78 is 10.6. The molecule has 25 heavy (non-hydrogen) atoms. The van der Waals surface area contributed by atoms with Gasteiger partial charge >= 0.3 is 11.9 Å². The quantitative estimate of drug-likeness (QED) is 0.384. The second-order valence-corrected chi connectivity index (χ2v) is 6.53. The Bertz CT molecular complexity index is 1060. The molecule has 0 bridgehead atoms. The number of nitrogens with zero attached hydrogens (tertiary/aromatic N) is 1. The zero-order valence-electron chi connectivity index (χ0n) is 13.0. The van der Waals surface area contributed by atoms with E-state index in [2.05, 4.69) is 4.74 Å². The van der Waals surface area contributed by atoms with Gasteiger partial charge < -0.3 is 9.47 Å². The number of carbonyl (C=O) groups excluding carboxylic acids is 2. The zero-order chi connectivity index (χ0) is 18.3. The van der Waals surface area contributed by atoms with Gasteiger partial charge in [-0.05, 0) is 18.2 Å². The predicted molar refractivity (Wildman–Crippen MR) is 93.7 cm³/mol. The molecule has 1 aromatic heterocycles. The van der Waals surface area contributed by atoms with Crippen LogP contribution in [0.15, 0.2) is 24.3 Å². The molecule has 0 atom stereocenters. The lowest BCUT2D eigenvalue weighted by Gasteiger charge is -2.04. The van der Waals surface area contributed by atoms with Crippen LogP contribution in [-0.4, -0.2) is 31.1 Å². The largest absolute Gasteiger partial charge is 0.465 e. The molecular formula is C16H10ClNO6S. The minimum Gasteiger partial charge on any atom is -0.465 e. The van der Waals surface area contributed by atoms with Gasteiger partial charge in [0.05, 0.1) is 29.7 Å². The third kappa shape index (κ3) is 2.79. The summed E-state index contributed by atoms with van der Waals surface area (Å²) >= 11 is 7.38. The summed E-state index contributed by atoms with van der Waals surface area (Å²) in [5.41, 5.74) is -0.325. The number of rotatable bonds is 3. The number of methoxy groups -OCH3 is 2. The van der Waals surface area contributed by atoms with Crippen LogP contribution in [0.2, 0.25) is 5.02 Å². The molecule has 3 rings (SSSR count). The van der Waals surface area contributed by atoms with Gasteiger partial charge in [0.2, 0.25) is 0 Å². The molecule has 0 saturated heterocycles. The second kappa shape index (κ2) is 6.30. The van der Waals surface area contributed by atoms with E-state index in [-0.39, 0.29) is 21.8 Å². The molecule has 9 heteroatoms. The van der Waals surface area contributed by atoms with E-state index in [1.165, 1.54) is 30.6 Å². The van der Waals surface area contributed by atoms with Crippen LogP contribution in [0.4, 0.5) is 5.69 Å². The van der Waals surface area contributed by atoms with E-state index in [0.717, 1.165) is 11.8 Å². The Kier molecular flexibility index (Phi) is 4.32. The molecular weight excluding hydrogens is 370 g/mol. The molecule has 128 valence electrons. The number of halogens is 1. The fourth-order valence-corrected chi connectivity index (χ4v) is 3.97. The first-order valence-electron chi connectivity index (χ1n) is 6.88. The van der Waals surface area contributed by atoms with Crippen molar-refractivity contribution in [1.82, 2.24) is 0 Å². The van der Waals surface area contributed by atoms with Crippen molar-refractivity contribution >= 4 is 60.7 Å². The molecule has 0 unspecified atom stereocenters. The SMILES string of the molecule is COC(=O)c1cc2c(cc1Cl)sc1cc([N+](=O)[O-])c(C(=O)OC)cc12. The van der Waals surface area contributed by atoms with Crippen molar-refractivity contribution < 1.29 is 24.0 Å². The number of benzene rings is 2. The topological polar surface area (TPSA) is 95.7 Å². The first kappa shape index (κ1) is 17.1. The predicted octanol–water partition coefficient (Wildman–Crippen LogP) is 4.19. The van der Waals surface area contributed by atoms with Crippen LogP contribution in [0.5, 0.6) is 0 Å².